The fourth-order valence-corrected chi connectivity index (χ4v) is 4.07. The van der Waals surface area contributed by atoms with Crippen LogP contribution < -0.4 is 5.32 Å². The second-order valence-corrected chi connectivity index (χ2v) is 6.48. The molecule has 0 saturated carbocycles. The summed E-state index contributed by atoms with van der Waals surface area (Å²) in [5, 5.41) is 13.6. The molecule has 4 heteroatoms. The molecule has 0 bridgehead atoms. The van der Waals surface area contributed by atoms with Crippen LogP contribution in [0.4, 0.5) is 5.69 Å². The Labute approximate surface area is 139 Å². The first-order valence-electron chi connectivity index (χ1n) is 7.70. The van der Waals surface area contributed by atoms with Gasteiger partial charge in [0.25, 0.3) is 0 Å². The Kier molecular flexibility index (Phi) is 3.38. The van der Waals surface area contributed by atoms with Crippen molar-refractivity contribution < 1.29 is 9.90 Å². The van der Waals surface area contributed by atoms with Crippen LogP contribution in [0, 0.1) is 5.92 Å². The van der Waals surface area contributed by atoms with Crippen molar-refractivity contribution >= 4 is 23.3 Å². The largest absolute Gasteiger partial charge is 0.478 e. The molecule has 2 aromatic rings. The molecule has 2 N–H and O–H groups in total. The lowest BCUT2D eigenvalue weighted by Crippen LogP contribution is -2.30. The summed E-state index contributed by atoms with van der Waals surface area (Å²) >= 11 is 6.38. The predicted molar refractivity (Wildman–Crippen MR) is 91.2 cm³/mol. The molecule has 1 aliphatic carbocycles. The van der Waals surface area contributed by atoms with E-state index < -0.39 is 5.97 Å². The van der Waals surface area contributed by atoms with Gasteiger partial charge in [0.2, 0.25) is 0 Å². The lowest BCUT2D eigenvalue weighted by Gasteiger charge is -2.38. The highest BCUT2D eigenvalue weighted by Gasteiger charge is 2.40. The van der Waals surface area contributed by atoms with Crippen LogP contribution in [0.2, 0.25) is 5.02 Å². The lowest BCUT2D eigenvalue weighted by atomic mass is 9.75. The van der Waals surface area contributed by atoms with Crippen molar-refractivity contribution in [2.45, 2.75) is 18.4 Å². The number of hydrogen-bond acceptors (Lipinski definition) is 2. The third-order valence-electron chi connectivity index (χ3n) is 4.86. The molecule has 116 valence electrons. The number of hydrogen-bond donors (Lipinski definition) is 2. The number of fused-ring (bicyclic) bond motifs is 3. The van der Waals surface area contributed by atoms with E-state index in [-0.39, 0.29) is 12.0 Å². The fraction of sp³-hybridized carbons (Fsp3) is 0.211. The fourth-order valence-electron chi connectivity index (χ4n) is 3.85. The zero-order valence-electron chi connectivity index (χ0n) is 12.4. The number of carbonyl (C=O) groups is 1. The van der Waals surface area contributed by atoms with E-state index in [0.717, 1.165) is 17.7 Å². The first-order valence-corrected chi connectivity index (χ1v) is 8.08. The van der Waals surface area contributed by atoms with Gasteiger partial charge in [-0.05, 0) is 35.6 Å². The summed E-state index contributed by atoms with van der Waals surface area (Å²) in [5.74, 6) is -0.514. The molecule has 0 fully saturated rings. The van der Waals surface area contributed by atoms with Crippen molar-refractivity contribution in [3.05, 3.63) is 76.3 Å². The highest BCUT2D eigenvalue weighted by Crippen LogP contribution is 2.52. The minimum atomic E-state index is -0.906. The van der Waals surface area contributed by atoms with Crippen molar-refractivity contribution in [2.24, 2.45) is 5.92 Å². The molecule has 0 radical (unpaired) electrons. The SMILES string of the molecule is O=C(O)c1ccc(Cl)c2c1[C@@H]1C=CC[C@H]1[C@@H](c1ccccc1)N2. The zero-order chi connectivity index (χ0) is 16.0. The molecule has 4 rings (SSSR count). The van der Waals surface area contributed by atoms with Crippen LogP contribution in [0.5, 0.6) is 0 Å². The van der Waals surface area contributed by atoms with Crippen molar-refractivity contribution in [3.8, 4) is 0 Å². The molecule has 2 aromatic carbocycles. The molecule has 23 heavy (non-hydrogen) atoms. The number of aromatic carboxylic acids is 1. The minimum Gasteiger partial charge on any atom is -0.478 e. The van der Waals surface area contributed by atoms with E-state index in [1.165, 1.54) is 5.56 Å². The van der Waals surface area contributed by atoms with E-state index >= 15 is 0 Å². The van der Waals surface area contributed by atoms with Gasteiger partial charge >= 0.3 is 5.97 Å². The molecule has 1 heterocycles. The van der Waals surface area contributed by atoms with Gasteiger partial charge in [-0.3, -0.25) is 0 Å². The lowest BCUT2D eigenvalue weighted by molar-refractivity contribution is 0.0695. The average Bonchev–Trinajstić information content (AvgIpc) is 3.05. The molecule has 2 aliphatic rings. The molecule has 0 aromatic heterocycles. The van der Waals surface area contributed by atoms with Gasteiger partial charge in [0.05, 0.1) is 22.3 Å². The van der Waals surface area contributed by atoms with Crippen molar-refractivity contribution in [1.82, 2.24) is 0 Å². The number of carboxylic acid groups (broad SMARTS) is 1. The first kappa shape index (κ1) is 14.3. The number of allylic oxidation sites excluding steroid dienone is 2. The van der Waals surface area contributed by atoms with Gasteiger partial charge in [-0.25, -0.2) is 4.79 Å². The number of benzene rings is 2. The molecule has 3 atom stereocenters. The molecule has 0 amide bonds. The quantitative estimate of drug-likeness (QED) is 0.775. The number of anilines is 1. The first-order chi connectivity index (χ1) is 11.2. The summed E-state index contributed by atoms with van der Waals surface area (Å²) < 4.78 is 0. The maximum atomic E-state index is 11.6. The third kappa shape index (κ3) is 2.23. The van der Waals surface area contributed by atoms with Crippen molar-refractivity contribution in [2.75, 3.05) is 5.32 Å². The Morgan fingerprint density at radius 3 is 2.70 bits per heavy atom. The van der Waals surface area contributed by atoms with E-state index in [1.807, 2.05) is 18.2 Å². The van der Waals surface area contributed by atoms with Crippen LogP contribution in [0.15, 0.2) is 54.6 Å². The van der Waals surface area contributed by atoms with E-state index in [1.54, 1.807) is 12.1 Å². The molecule has 0 saturated heterocycles. The Morgan fingerprint density at radius 1 is 1.17 bits per heavy atom. The summed E-state index contributed by atoms with van der Waals surface area (Å²) in [4.78, 5) is 11.6. The van der Waals surface area contributed by atoms with Gasteiger partial charge in [0.15, 0.2) is 0 Å². The van der Waals surface area contributed by atoms with Crippen LogP contribution in [-0.4, -0.2) is 11.1 Å². The van der Waals surface area contributed by atoms with E-state index in [2.05, 4.69) is 29.6 Å². The second-order valence-electron chi connectivity index (χ2n) is 6.07. The molecule has 0 spiro atoms. The summed E-state index contributed by atoms with van der Waals surface area (Å²) in [6.45, 7) is 0. The summed E-state index contributed by atoms with van der Waals surface area (Å²) in [7, 11) is 0. The van der Waals surface area contributed by atoms with Gasteiger partial charge < -0.3 is 10.4 Å². The van der Waals surface area contributed by atoms with E-state index in [9.17, 15) is 9.90 Å². The molecule has 0 unspecified atom stereocenters. The Balaban J connectivity index is 1.89. The van der Waals surface area contributed by atoms with Crippen molar-refractivity contribution in [1.29, 1.82) is 0 Å². The second kappa shape index (κ2) is 5.43. The van der Waals surface area contributed by atoms with Crippen LogP contribution >= 0.6 is 11.6 Å². The van der Waals surface area contributed by atoms with Gasteiger partial charge in [-0.2, -0.15) is 0 Å². The Bertz CT molecular complexity index is 801. The summed E-state index contributed by atoms with van der Waals surface area (Å²) in [6, 6.07) is 13.7. The maximum Gasteiger partial charge on any atom is 0.336 e. The summed E-state index contributed by atoms with van der Waals surface area (Å²) in [6.07, 6.45) is 5.21. The normalized spacial score (nSPS) is 24.7. The van der Waals surface area contributed by atoms with Crippen molar-refractivity contribution in [3.63, 3.8) is 0 Å². The van der Waals surface area contributed by atoms with Gasteiger partial charge in [-0.1, -0.05) is 54.1 Å². The van der Waals surface area contributed by atoms with Gasteiger partial charge in [0, 0.05) is 5.92 Å². The van der Waals surface area contributed by atoms with E-state index in [0.29, 0.717) is 16.5 Å². The van der Waals surface area contributed by atoms with Crippen LogP contribution in [0.1, 0.15) is 39.9 Å². The number of carboxylic acids is 1. The van der Waals surface area contributed by atoms with Crippen LogP contribution in [0.3, 0.4) is 0 Å². The van der Waals surface area contributed by atoms with E-state index in [4.69, 9.17) is 11.6 Å². The smallest absolute Gasteiger partial charge is 0.336 e. The number of halogens is 1. The third-order valence-corrected chi connectivity index (χ3v) is 5.17. The van der Waals surface area contributed by atoms with Crippen LogP contribution in [-0.2, 0) is 0 Å². The monoisotopic (exact) mass is 325 g/mol. The predicted octanol–water partition coefficient (Wildman–Crippen LogP) is 4.86. The van der Waals surface area contributed by atoms with Crippen LogP contribution in [0.25, 0.3) is 0 Å². The highest BCUT2D eigenvalue weighted by atomic mass is 35.5. The molecule has 1 aliphatic heterocycles. The maximum absolute atomic E-state index is 11.6. The van der Waals surface area contributed by atoms with Gasteiger partial charge in [0.1, 0.15) is 0 Å². The Morgan fingerprint density at radius 2 is 1.96 bits per heavy atom. The summed E-state index contributed by atoms with van der Waals surface area (Å²) in [5.41, 5.74) is 3.11. The topological polar surface area (TPSA) is 49.3 Å². The average molecular weight is 326 g/mol. The standard InChI is InChI=1S/C19H16ClNO2/c20-15-10-9-14(19(22)23)16-12-7-4-8-13(12)17(21-18(15)16)11-5-2-1-3-6-11/h1-7,9-10,12-13,17,21H,8H2,(H,22,23)/t12-,13-,17-/m1/s1. The molecular weight excluding hydrogens is 310 g/mol. The minimum absolute atomic E-state index is 0.0845. The number of rotatable bonds is 2. The van der Waals surface area contributed by atoms with Gasteiger partial charge in [-0.15, -0.1) is 0 Å². The Hall–Kier alpha value is -2.26. The zero-order valence-corrected chi connectivity index (χ0v) is 13.1. The molecule has 3 nitrogen and oxygen atoms in total. The number of nitrogens with one attached hydrogen (secondary N) is 1. The molecular formula is C19H16ClNO2. The highest BCUT2D eigenvalue weighted by molar-refractivity contribution is 6.33.